The number of aryl methyl sites for hydroxylation is 1. The van der Waals surface area contributed by atoms with E-state index in [1.807, 2.05) is 37.3 Å². The van der Waals surface area contributed by atoms with Gasteiger partial charge < -0.3 is 9.73 Å². The van der Waals surface area contributed by atoms with E-state index in [2.05, 4.69) is 34.3 Å². The largest absolute Gasteiger partial charge is 0.463 e. The minimum Gasteiger partial charge on any atom is -0.463 e. The molecule has 0 aliphatic carbocycles. The van der Waals surface area contributed by atoms with Crippen LogP contribution >= 0.6 is 0 Å². The molecule has 1 aromatic carbocycles. The molecular formula is C19H21N3O. The molecule has 2 aromatic heterocycles. The second kappa shape index (κ2) is 7.09. The number of furan rings is 1. The summed E-state index contributed by atoms with van der Waals surface area (Å²) in [6, 6.07) is 14.2. The molecule has 0 radical (unpaired) electrons. The highest BCUT2D eigenvalue weighted by Crippen LogP contribution is 2.28. The summed E-state index contributed by atoms with van der Waals surface area (Å²) in [6.07, 6.45) is 3.62. The Hall–Kier alpha value is -2.62. The monoisotopic (exact) mass is 307 g/mol. The average molecular weight is 307 g/mol. The SMILES string of the molecule is CCCc1c(NCc2ccccc2)nc(C)nc1-c1ccco1. The van der Waals surface area contributed by atoms with Gasteiger partial charge in [0.2, 0.25) is 0 Å². The van der Waals surface area contributed by atoms with Crippen LogP contribution in [0.2, 0.25) is 0 Å². The van der Waals surface area contributed by atoms with E-state index in [9.17, 15) is 0 Å². The third kappa shape index (κ3) is 3.59. The molecule has 0 amide bonds. The lowest BCUT2D eigenvalue weighted by molar-refractivity contribution is 0.578. The van der Waals surface area contributed by atoms with Crippen molar-refractivity contribution < 1.29 is 4.42 Å². The Balaban J connectivity index is 1.95. The van der Waals surface area contributed by atoms with Gasteiger partial charge in [0.25, 0.3) is 0 Å². The predicted octanol–water partition coefficient (Wildman–Crippen LogP) is 4.61. The second-order valence-electron chi connectivity index (χ2n) is 5.51. The van der Waals surface area contributed by atoms with E-state index in [1.54, 1.807) is 6.26 Å². The van der Waals surface area contributed by atoms with Crippen LogP contribution in [-0.4, -0.2) is 9.97 Å². The summed E-state index contributed by atoms with van der Waals surface area (Å²) in [5.41, 5.74) is 3.23. The summed E-state index contributed by atoms with van der Waals surface area (Å²) in [5, 5.41) is 3.46. The van der Waals surface area contributed by atoms with Crippen molar-refractivity contribution in [2.75, 3.05) is 5.32 Å². The summed E-state index contributed by atoms with van der Waals surface area (Å²) in [4.78, 5) is 9.22. The van der Waals surface area contributed by atoms with Crippen molar-refractivity contribution in [1.82, 2.24) is 9.97 Å². The molecule has 2 heterocycles. The minimum absolute atomic E-state index is 0.742. The summed E-state index contributed by atoms with van der Waals surface area (Å²) in [7, 11) is 0. The zero-order valence-corrected chi connectivity index (χ0v) is 13.5. The Labute approximate surface area is 136 Å². The van der Waals surface area contributed by atoms with Gasteiger partial charge >= 0.3 is 0 Å². The molecule has 3 rings (SSSR count). The quantitative estimate of drug-likeness (QED) is 0.722. The van der Waals surface area contributed by atoms with Gasteiger partial charge in [0.05, 0.1) is 6.26 Å². The van der Waals surface area contributed by atoms with Crippen molar-refractivity contribution in [3.63, 3.8) is 0 Å². The predicted molar refractivity (Wildman–Crippen MR) is 92.2 cm³/mol. The van der Waals surface area contributed by atoms with Crippen molar-refractivity contribution in [2.45, 2.75) is 33.2 Å². The maximum Gasteiger partial charge on any atom is 0.152 e. The lowest BCUT2D eigenvalue weighted by atomic mass is 10.1. The zero-order valence-electron chi connectivity index (χ0n) is 13.5. The Kier molecular flexibility index (Phi) is 4.71. The first kappa shape index (κ1) is 15.3. The van der Waals surface area contributed by atoms with Crippen LogP contribution in [-0.2, 0) is 13.0 Å². The van der Waals surface area contributed by atoms with Gasteiger partial charge in [-0.25, -0.2) is 9.97 Å². The molecular weight excluding hydrogens is 286 g/mol. The van der Waals surface area contributed by atoms with Crippen LogP contribution in [0, 0.1) is 6.92 Å². The molecule has 0 saturated carbocycles. The van der Waals surface area contributed by atoms with Crippen LogP contribution in [0.4, 0.5) is 5.82 Å². The summed E-state index contributed by atoms with van der Waals surface area (Å²) in [6.45, 7) is 4.81. The Morgan fingerprint density at radius 3 is 2.57 bits per heavy atom. The zero-order chi connectivity index (χ0) is 16.1. The minimum atomic E-state index is 0.742. The lowest BCUT2D eigenvalue weighted by Crippen LogP contribution is -2.09. The highest BCUT2D eigenvalue weighted by molar-refractivity contribution is 5.64. The molecule has 0 atom stereocenters. The van der Waals surface area contributed by atoms with E-state index < -0.39 is 0 Å². The number of hydrogen-bond acceptors (Lipinski definition) is 4. The number of rotatable bonds is 6. The second-order valence-corrected chi connectivity index (χ2v) is 5.51. The first-order chi connectivity index (χ1) is 11.3. The molecule has 4 nitrogen and oxygen atoms in total. The number of aromatic nitrogens is 2. The van der Waals surface area contributed by atoms with Gasteiger partial charge in [-0.1, -0.05) is 43.7 Å². The Morgan fingerprint density at radius 2 is 1.87 bits per heavy atom. The van der Waals surface area contributed by atoms with E-state index in [-0.39, 0.29) is 0 Å². The number of benzene rings is 1. The molecule has 0 fully saturated rings. The fourth-order valence-corrected chi connectivity index (χ4v) is 2.63. The molecule has 0 aliphatic rings. The van der Waals surface area contributed by atoms with Gasteiger partial charge in [0.1, 0.15) is 17.3 Å². The van der Waals surface area contributed by atoms with Gasteiger partial charge in [0.15, 0.2) is 5.76 Å². The first-order valence-corrected chi connectivity index (χ1v) is 7.97. The fourth-order valence-electron chi connectivity index (χ4n) is 2.63. The van der Waals surface area contributed by atoms with Crippen LogP contribution in [0.3, 0.4) is 0 Å². The molecule has 4 heteroatoms. The normalized spacial score (nSPS) is 10.7. The van der Waals surface area contributed by atoms with Gasteiger partial charge in [-0.05, 0) is 31.0 Å². The third-order valence-electron chi connectivity index (χ3n) is 3.68. The molecule has 3 aromatic rings. The lowest BCUT2D eigenvalue weighted by Gasteiger charge is -2.14. The van der Waals surface area contributed by atoms with E-state index >= 15 is 0 Å². The summed E-state index contributed by atoms with van der Waals surface area (Å²) in [5.74, 6) is 2.43. The Bertz CT molecular complexity index is 752. The van der Waals surface area contributed by atoms with Gasteiger partial charge in [-0.15, -0.1) is 0 Å². The maximum atomic E-state index is 5.56. The summed E-state index contributed by atoms with van der Waals surface area (Å²) >= 11 is 0. The molecule has 0 spiro atoms. The molecule has 0 unspecified atom stereocenters. The third-order valence-corrected chi connectivity index (χ3v) is 3.68. The van der Waals surface area contributed by atoms with E-state index in [0.717, 1.165) is 48.0 Å². The van der Waals surface area contributed by atoms with Crippen LogP contribution < -0.4 is 5.32 Å². The van der Waals surface area contributed by atoms with Gasteiger partial charge in [-0.3, -0.25) is 0 Å². The van der Waals surface area contributed by atoms with Crippen molar-refractivity contribution in [2.24, 2.45) is 0 Å². The van der Waals surface area contributed by atoms with E-state index in [4.69, 9.17) is 4.42 Å². The topological polar surface area (TPSA) is 51.0 Å². The molecule has 0 aliphatic heterocycles. The molecule has 118 valence electrons. The standard InChI is InChI=1S/C19H21N3O/c1-3-8-16-18(17-11-7-12-23-17)21-14(2)22-19(16)20-13-15-9-5-4-6-10-15/h4-7,9-12H,3,8,13H2,1-2H3,(H,20,21,22). The van der Waals surface area contributed by atoms with Gasteiger partial charge in [-0.2, -0.15) is 0 Å². The highest BCUT2D eigenvalue weighted by Gasteiger charge is 2.16. The molecule has 0 saturated heterocycles. The van der Waals surface area contributed by atoms with Crippen molar-refractivity contribution in [3.8, 4) is 11.5 Å². The number of hydrogen-bond donors (Lipinski definition) is 1. The number of anilines is 1. The smallest absolute Gasteiger partial charge is 0.152 e. The fraction of sp³-hybridized carbons (Fsp3) is 0.263. The van der Waals surface area contributed by atoms with E-state index in [0.29, 0.717) is 0 Å². The van der Waals surface area contributed by atoms with Crippen LogP contribution in [0.15, 0.2) is 53.1 Å². The van der Waals surface area contributed by atoms with E-state index in [1.165, 1.54) is 5.56 Å². The maximum absolute atomic E-state index is 5.56. The van der Waals surface area contributed by atoms with Crippen LogP contribution in [0.25, 0.3) is 11.5 Å². The van der Waals surface area contributed by atoms with Gasteiger partial charge in [0, 0.05) is 12.1 Å². The molecule has 23 heavy (non-hydrogen) atoms. The van der Waals surface area contributed by atoms with Crippen LogP contribution in [0.1, 0.15) is 30.3 Å². The molecule has 0 bridgehead atoms. The summed E-state index contributed by atoms with van der Waals surface area (Å²) < 4.78 is 5.56. The van der Waals surface area contributed by atoms with Crippen molar-refractivity contribution >= 4 is 5.82 Å². The Morgan fingerprint density at radius 1 is 1.04 bits per heavy atom. The highest BCUT2D eigenvalue weighted by atomic mass is 16.3. The molecule has 1 N–H and O–H groups in total. The average Bonchev–Trinajstić information content (AvgIpc) is 3.10. The first-order valence-electron chi connectivity index (χ1n) is 7.97. The number of nitrogens with one attached hydrogen (secondary N) is 1. The van der Waals surface area contributed by atoms with Crippen LogP contribution in [0.5, 0.6) is 0 Å². The number of nitrogens with zero attached hydrogens (tertiary/aromatic N) is 2. The van der Waals surface area contributed by atoms with Crippen molar-refractivity contribution in [1.29, 1.82) is 0 Å². The van der Waals surface area contributed by atoms with Crippen molar-refractivity contribution in [3.05, 3.63) is 65.7 Å².